The largest absolute Gasteiger partial charge is 0.455 e. The van der Waals surface area contributed by atoms with Crippen molar-refractivity contribution in [3.05, 3.63) is 51.0 Å². The van der Waals surface area contributed by atoms with Gasteiger partial charge in [0, 0.05) is 4.47 Å². The summed E-state index contributed by atoms with van der Waals surface area (Å²) in [5, 5.41) is 15.6. The minimum atomic E-state index is -4.82. The molecule has 3 N–H and O–H groups in total. The summed E-state index contributed by atoms with van der Waals surface area (Å²) in [7, 11) is 0. The van der Waals surface area contributed by atoms with Crippen LogP contribution in [0.5, 0.6) is 0 Å². The van der Waals surface area contributed by atoms with Crippen LogP contribution in [0, 0.1) is 6.92 Å². The zero-order valence-corrected chi connectivity index (χ0v) is 18.2. The minimum Gasteiger partial charge on any atom is -0.366 e. The van der Waals surface area contributed by atoms with Crippen molar-refractivity contribution >= 4 is 33.4 Å². The van der Waals surface area contributed by atoms with E-state index < -0.39 is 43.3 Å². The Morgan fingerprint density at radius 2 is 1.91 bits per heavy atom. The Hall–Kier alpha value is -3.43. The molecule has 2 amide bonds. The number of benzene rings is 1. The van der Waals surface area contributed by atoms with Gasteiger partial charge in [0.25, 0.3) is 24.1 Å². The van der Waals surface area contributed by atoms with Gasteiger partial charge < -0.3 is 11.1 Å². The number of tetrazole rings is 1. The highest BCUT2D eigenvalue weighted by Crippen LogP contribution is 2.27. The van der Waals surface area contributed by atoms with Crippen LogP contribution in [0.25, 0.3) is 0 Å². The summed E-state index contributed by atoms with van der Waals surface area (Å²) in [6.07, 6.45) is -7.71. The Bertz CT molecular complexity index is 1210. The van der Waals surface area contributed by atoms with Crippen LogP contribution in [0.3, 0.4) is 0 Å². The molecule has 10 nitrogen and oxygen atoms in total. The van der Waals surface area contributed by atoms with E-state index in [4.69, 9.17) is 5.73 Å². The predicted molar refractivity (Wildman–Crippen MR) is 106 cm³/mol. The lowest BCUT2D eigenvalue weighted by Crippen LogP contribution is -2.23. The first kappa shape index (κ1) is 24.2. The maximum atomic E-state index is 13.0. The van der Waals surface area contributed by atoms with Gasteiger partial charge in [0.1, 0.15) is 18.8 Å². The van der Waals surface area contributed by atoms with Gasteiger partial charge in [-0.1, -0.05) is 15.9 Å². The summed E-state index contributed by atoms with van der Waals surface area (Å²) in [5.41, 5.74) is 5.44. The second-order valence-corrected chi connectivity index (χ2v) is 7.61. The summed E-state index contributed by atoms with van der Waals surface area (Å²) in [6, 6.07) is 4.06. The second kappa shape index (κ2) is 9.21. The van der Waals surface area contributed by atoms with Crippen molar-refractivity contribution in [2.75, 3.05) is 5.32 Å². The summed E-state index contributed by atoms with van der Waals surface area (Å²) < 4.78 is 65.2. The van der Waals surface area contributed by atoms with Crippen molar-refractivity contribution in [2.24, 2.45) is 5.73 Å². The Labute approximate surface area is 190 Å². The number of halogens is 6. The topological polar surface area (TPSA) is 134 Å². The van der Waals surface area contributed by atoms with E-state index in [1.54, 1.807) is 13.0 Å². The van der Waals surface area contributed by atoms with Crippen LogP contribution in [0.15, 0.2) is 22.7 Å². The normalized spacial score (nSPS) is 11.8. The monoisotopic (exact) mass is 536 g/mol. The molecule has 0 fully saturated rings. The summed E-state index contributed by atoms with van der Waals surface area (Å²) in [4.78, 5) is 25.2. The average Bonchev–Trinajstić information content (AvgIpc) is 3.30. The van der Waals surface area contributed by atoms with E-state index >= 15 is 0 Å². The molecule has 0 spiro atoms. The lowest BCUT2D eigenvalue weighted by atomic mass is 10.1. The fraction of sp³-hybridized carbons (Fsp3) is 0.294. The predicted octanol–water partition coefficient (Wildman–Crippen LogP) is 2.62. The number of aromatic nitrogens is 6. The molecule has 0 saturated heterocycles. The number of alkyl halides is 5. The molecular formula is C17H14BrF5N8O2. The molecule has 0 aliphatic carbocycles. The van der Waals surface area contributed by atoms with Gasteiger partial charge in [-0.3, -0.25) is 14.3 Å². The maximum absolute atomic E-state index is 13.0. The van der Waals surface area contributed by atoms with Gasteiger partial charge in [0.2, 0.25) is 0 Å². The van der Waals surface area contributed by atoms with Gasteiger partial charge in [-0.2, -0.15) is 23.1 Å². The van der Waals surface area contributed by atoms with E-state index in [0.29, 0.717) is 19.5 Å². The van der Waals surface area contributed by atoms with Gasteiger partial charge >= 0.3 is 6.18 Å². The van der Waals surface area contributed by atoms with Crippen molar-refractivity contribution < 1.29 is 31.5 Å². The zero-order valence-electron chi connectivity index (χ0n) is 16.6. The lowest BCUT2D eigenvalue weighted by molar-refractivity contribution is -0.145. The third-order valence-electron chi connectivity index (χ3n) is 4.19. The van der Waals surface area contributed by atoms with Crippen LogP contribution in [-0.2, 0) is 19.3 Å². The van der Waals surface area contributed by atoms with E-state index in [0.717, 1.165) is 6.07 Å². The Kier molecular flexibility index (Phi) is 6.76. The molecule has 0 radical (unpaired) electrons. The number of carbonyl (C=O) groups excluding carboxylic acids is 2. The molecule has 1 aromatic carbocycles. The second-order valence-electron chi connectivity index (χ2n) is 6.70. The molecular weight excluding hydrogens is 523 g/mol. The molecule has 0 unspecified atom stereocenters. The number of aryl methyl sites for hydroxylation is 1. The van der Waals surface area contributed by atoms with Gasteiger partial charge in [-0.15, -0.1) is 10.2 Å². The number of nitrogens with two attached hydrogens (primary N) is 1. The number of primary amides is 1. The summed E-state index contributed by atoms with van der Waals surface area (Å²) >= 11 is 3.21. The highest BCUT2D eigenvalue weighted by Gasteiger charge is 2.36. The number of anilines is 1. The lowest BCUT2D eigenvalue weighted by Gasteiger charge is -2.13. The van der Waals surface area contributed by atoms with E-state index in [9.17, 15) is 31.5 Å². The van der Waals surface area contributed by atoms with Gasteiger partial charge in [-0.25, -0.2) is 8.78 Å². The van der Waals surface area contributed by atoms with Crippen LogP contribution >= 0.6 is 15.9 Å². The van der Waals surface area contributed by atoms with Crippen LogP contribution in [-0.4, -0.2) is 48.2 Å². The number of rotatable bonds is 7. The number of hydrogen-bond acceptors (Lipinski definition) is 6. The molecule has 0 saturated carbocycles. The smallest absolute Gasteiger partial charge is 0.366 e. The molecule has 176 valence electrons. The molecule has 3 rings (SSSR count). The van der Waals surface area contributed by atoms with Crippen molar-refractivity contribution in [1.29, 1.82) is 0 Å². The first-order valence-electron chi connectivity index (χ1n) is 8.96. The highest BCUT2D eigenvalue weighted by atomic mass is 79.9. The van der Waals surface area contributed by atoms with Crippen LogP contribution in [0.2, 0.25) is 0 Å². The molecule has 3 aromatic rings. The maximum Gasteiger partial charge on any atom is 0.455 e. The summed E-state index contributed by atoms with van der Waals surface area (Å²) in [5.74, 6) is -3.23. The molecule has 2 heterocycles. The van der Waals surface area contributed by atoms with E-state index in [-0.39, 0.29) is 22.6 Å². The van der Waals surface area contributed by atoms with Crippen LogP contribution < -0.4 is 11.1 Å². The van der Waals surface area contributed by atoms with Gasteiger partial charge in [-0.05, 0) is 35.9 Å². The fourth-order valence-electron chi connectivity index (χ4n) is 2.85. The number of amides is 2. The standard InChI is InChI=1S/C17H14BrF5N8O2/c1-7-2-8(18)3-10(14(24)32)13(7)25-15(33)11-4-9(27-30(11)6-12(19)20)5-31-28-16(26-29-31)17(21,22)23/h2-4,12H,5-6H2,1H3,(H2,24,32)(H,25,33). The number of hydrogen-bond donors (Lipinski definition) is 2. The molecule has 33 heavy (non-hydrogen) atoms. The molecule has 0 atom stereocenters. The fourth-order valence-corrected chi connectivity index (χ4v) is 3.42. The number of nitrogens with one attached hydrogen (secondary N) is 1. The van der Waals surface area contributed by atoms with Crippen molar-refractivity contribution in [1.82, 2.24) is 30.0 Å². The van der Waals surface area contributed by atoms with Crippen molar-refractivity contribution in [2.45, 2.75) is 32.6 Å². The highest BCUT2D eigenvalue weighted by molar-refractivity contribution is 9.10. The van der Waals surface area contributed by atoms with E-state index in [2.05, 4.69) is 41.8 Å². The minimum absolute atomic E-state index is 0.0260. The Morgan fingerprint density at radius 3 is 2.48 bits per heavy atom. The van der Waals surface area contributed by atoms with Gasteiger partial charge in [0.05, 0.1) is 16.9 Å². The molecule has 0 bridgehead atoms. The third-order valence-corrected chi connectivity index (χ3v) is 4.65. The SMILES string of the molecule is Cc1cc(Br)cc(C(N)=O)c1NC(=O)c1cc(Cn2nnc(C(F)(F)F)n2)nn1CC(F)F. The zero-order chi connectivity index (χ0) is 24.5. The van der Waals surface area contributed by atoms with E-state index in [1.165, 1.54) is 6.07 Å². The Morgan fingerprint density at radius 1 is 1.21 bits per heavy atom. The molecule has 16 heteroatoms. The molecule has 0 aliphatic heterocycles. The van der Waals surface area contributed by atoms with Crippen molar-refractivity contribution in [3.63, 3.8) is 0 Å². The first-order valence-corrected chi connectivity index (χ1v) is 9.75. The average molecular weight is 537 g/mol. The van der Waals surface area contributed by atoms with Crippen molar-refractivity contribution in [3.8, 4) is 0 Å². The quantitative estimate of drug-likeness (QED) is 0.446. The number of carbonyl (C=O) groups is 2. The molecule has 0 aliphatic rings. The molecule has 2 aromatic heterocycles. The first-order chi connectivity index (χ1) is 15.3. The van der Waals surface area contributed by atoms with Crippen LogP contribution in [0.4, 0.5) is 27.6 Å². The Balaban J connectivity index is 1.92. The van der Waals surface area contributed by atoms with Gasteiger partial charge in [0.15, 0.2) is 0 Å². The van der Waals surface area contributed by atoms with E-state index in [1.807, 2.05) is 0 Å². The summed E-state index contributed by atoms with van der Waals surface area (Å²) in [6.45, 7) is 0.149. The van der Waals surface area contributed by atoms with Crippen LogP contribution in [0.1, 0.15) is 37.9 Å². The third kappa shape index (κ3) is 5.68. The number of nitrogens with zero attached hydrogens (tertiary/aromatic N) is 6.